The molecule has 154 valence electrons. The minimum atomic E-state index is 0.381. The number of nitrogens with zero attached hydrogens (tertiary/aromatic N) is 8. The lowest BCUT2D eigenvalue weighted by atomic mass is 9.93. The summed E-state index contributed by atoms with van der Waals surface area (Å²) in [6.45, 7) is 1.71. The Hall–Kier alpha value is -3.99. The molecular weight excluding hydrogens is 388 g/mol. The standard InChI is InChI=1S/C23H22N8/c1-29-16-26-28-23(29)17-6-10-30(11-7-17)22-18(13-24)4-2-5-21(22)19-12-20(15-25-14-19)31-9-3-8-27-31/h2-5,8-9,12,14-17H,6-7,10-11H2,1H3. The fourth-order valence-electron chi connectivity index (χ4n) is 4.35. The van der Waals surface area contributed by atoms with Gasteiger partial charge in [0.05, 0.1) is 23.1 Å². The third-order valence-corrected chi connectivity index (χ3v) is 5.88. The van der Waals surface area contributed by atoms with Crippen LogP contribution < -0.4 is 4.90 Å². The van der Waals surface area contributed by atoms with Crippen LogP contribution in [0.4, 0.5) is 5.69 Å². The van der Waals surface area contributed by atoms with Crippen molar-refractivity contribution in [2.24, 2.45) is 7.05 Å². The monoisotopic (exact) mass is 410 g/mol. The van der Waals surface area contributed by atoms with Crippen molar-refractivity contribution in [3.8, 4) is 22.9 Å². The molecule has 0 unspecified atom stereocenters. The number of nitriles is 1. The first-order valence-corrected chi connectivity index (χ1v) is 10.3. The second-order valence-electron chi connectivity index (χ2n) is 7.76. The third kappa shape index (κ3) is 3.55. The number of para-hydroxylation sites is 1. The SMILES string of the molecule is Cn1cnnc1C1CCN(c2c(C#N)cccc2-c2cncc(-n3cccn3)c2)CC1. The largest absolute Gasteiger partial charge is 0.370 e. The molecule has 5 rings (SSSR count). The van der Waals surface area contributed by atoms with Crippen LogP contribution in [0.15, 0.2) is 61.4 Å². The summed E-state index contributed by atoms with van der Waals surface area (Å²) in [5.74, 6) is 1.41. The van der Waals surface area contributed by atoms with Crippen molar-refractivity contribution in [1.82, 2.24) is 29.5 Å². The maximum Gasteiger partial charge on any atom is 0.135 e. The van der Waals surface area contributed by atoms with Crippen LogP contribution in [0.3, 0.4) is 0 Å². The molecule has 1 aliphatic rings. The highest BCUT2D eigenvalue weighted by Gasteiger charge is 2.27. The molecule has 8 heteroatoms. The van der Waals surface area contributed by atoms with E-state index >= 15 is 0 Å². The van der Waals surface area contributed by atoms with Crippen LogP contribution in [0.5, 0.6) is 0 Å². The summed E-state index contributed by atoms with van der Waals surface area (Å²) < 4.78 is 3.79. The van der Waals surface area contributed by atoms with Crippen molar-refractivity contribution in [2.45, 2.75) is 18.8 Å². The lowest BCUT2D eigenvalue weighted by Gasteiger charge is -2.35. The van der Waals surface area contributed by atoms with Crippen molar-refractivity contribution in [3.63, 3.8) is 0 Å². The van der Waals surface area contributed by atoms with Gasteiger partial charge in [0.2, 0.25) is 0 Å². The Morgan fingerprint density at radius 1 is 1.13 bits per heavy atom. The predicted octanol–water partition coefficient (Wildman–Crippen LogP) is 3.32. The summed E-state index contributed by atoms with van der Waals surface area (Å²) in [5.41, 5.74) is 4.52. The topological polar surface area (TPSA) is 88.5 Å². The molecule has 0 aliphatic carbocycles. The maximum absolute atomic E-state index is 9.84. The van der Waals surface area contributed by atoms with Crippen molar-refractivity contribution in [2.75, 3.05) is 18.0 Å². The number of aromatic nitrogens is 6. The molecule has 0 saturated carbocycles. The van der Waals surface area contributed by atoms with Gasteiger partial charge in [0.1, 0.15) is 18.2 Å². The quantitative estimate of drug-likeness (QED) is 0.513. The second kappa shape index (κ2) is 8.03. The van der Waals surface area contributed by atoms with Crippen molar-refractivity contribution in [1.29, 1.82) is 5.26 Å². The van der Waals surface area contributed by atoms with E-state index in [1.165, 1.54) is 0 Å². The molecule has 1 aliphatic heterocycles. The first-order chi connectivity index (χ1) is 15.2. The smallest absolute Gasteiger partial charge is 0.135 e. The van der Waals surface area contributed by atoms with E-state index in [1.54, 1.807) is 23.4 Å². The number of benzene rings is 1. The number of piperidine rings is 1. The Morgan fingerprint density at radius 2 is 2.00 bits per heavy atom. The summed E-state index contributed by atoms with van der Waals surface area (Å²) in [7, 11) is 1.99. The molecule has 8 nitrogen and oxygen atoms in total. The van der Waals surface area contributed by atoms with Crippen molar-refractivity contribution >= 4 is 5.69 Å². The molecule has 31 heavy (non-hydrogen) atoms. The van der Waals surface area contributed by atoms with Gasteiger partial charge in [0.25, 0.3) is 0 Å². The molecular formula is C23H22N8. The van der Waals surface area contributed by atoms with Gasteiger partial charge < -0.3 is 9.47 Å². The zero-order chi connectivity index (χ0) is 21.2. The lowest BCUT2D eigenvalue weighted by Crippen LogP contribution is -2.34. The first-order valence-electron chi connectivity index (χ1n) is 10.3. The van der Waals surface area contributed by atoms with Crippen LogP contribution in [-0.2, 0) is 7.05 Å². The normalized spacial score (nSPS) is 14.5. The predicted molar refractivity (Wildman–Crippen MR) is 117 cm³/mol. The van der Waals surface area contributed by atoms with Gasteiger partial charge in [-0.05, 0) is 31.0 Å². The van der Waals surface area contributed by atoms with E-state index in [0.29, 0.717) is 11.5 Å². The van der Waals surface area contributed by atoms with Crippen molar-refractivity contribution < 1.29 is 0 Å². The molecule has 1 saturated heterocycles. The molecule has 4 heterocycles. The number of pyridine rings is 1. The molecule has 0 spiro atoms. The number of hydrogen-bond donors (Lipinski definition) is 0. The Bertz CT molecular complexity index is 1230. The van der Waals surface area contributed by atoms with E-state index in [0.717, 1.165) is 54.3 Å². The fourth-order valence-corrected chi connectivity index (χ4v) is 4.35. The second-order valence-corrected chi connectivity index (χ2v) is 7.76. The highest BCUT2D eigenvalue weighted by molar-refractivity contribution is 5.83. The van der Waals surface area contributed by atoms with Gasteiger partial charge in [-0.1, -0.05) is 12.1 Å². The summed E-state index contributed by atoms with van der Waals surface area (Å²) in [6.07, 6.45) is 11.0. The number of rotatable bonds is 4. The molecule has 0 amide bonds. The summed E-state index contributed by atoms with van der Waals surface area (Å²) >= 11 is 0. The van der Waals surface area contributed by atoms with Crippen LogP contribution in [-0.4, -0.2) is 42.6 Å². The van der Waals surface area contributed by atoms with Crippen LogP contribution >= 0.6 is 0 Å². The third-order valence-electron chi connectivity index (χ3n) is 5.88. The average molecular weight is 410 g/mol. The molecule has 4 aromatic rings. The zero-order valence-corrected chi connectivity index (χ0v) is 17.3. The minimum absolute atomic E-state index is 0.381. The summed E-state index contributed by atoms with van der Waals surface area (Å²) in [4.78, 5) is 6.75. The van der Waals surface area contributed by atoms with Gasteiger partial charge in [0, 0.05) is 55.8 Å². The Labute approximate surface area is 180 Å². The van der Waals surface area contributed by atoms with Gasteiger partial charge >= 0.3 is 0 Å². The van der Waals surface area contributed by atoms with Gasteiger partial charge in [0.15, 0.2) is 0 Å². The minimum Gasteiger partial charge on any atom is -0.370 e. The van der Waals surface area contributed by atoms with Crippen LogP contribution in [0.2, 0.25) is 0 Å². The first kappa shape index (κ1) is 19.0. The number of aryl methyl sites for hydroxylation is 1. The van der Waals surface area contributed by atoms with Gasteiger partial charge in [-0.2, -0.15) is 10.4 Å². The molecule has 0 atom stereocenters. The maximum atomic E-state index is 9.84. The Balaban J connectivity index is 1.49. The summed E-state index contributed by atoms with van der Waals surface area (Å²) in [5, 5.41) is 22.5. The van der Waals surface area contributed by atoms with E-state index in [-0.39, 0.29) is 0 Å². The molecule has 0 bridgehead atoms. The fraction of sp³-hybridized carbons (Fsp3) is 0.261. The lowest BCUT2D eigenvalue weighted by molar-refractivity contribution is 0.474. The molecule has 0 radical (unpaired) electrons. The van der Waals surface area contributed by atoms with E-state index < -0.39 is 0 Å². The molecule has 0 N–H and O–H groups in total. The number of anilines is 1. The van der Waals surface area contributed by atoms with E-state index in [4.69, 9.17) is 0 Å². The highest BCUT2D eigenvalue weighted by atomic mass is 15.3. The van der Waals surface area contributed by atoms with E-state index in [9.17, 15) is 5.26 Å². The van der Waals surface area contributed by atoms with Gasteiger partial charge in [-0.15, -0.1) is 10.2 Å². The molecule has 3 aromatic heterocycles. The Morgan fingerprint density at radius 3 is 2.71 bits per heavy atom. The zero-order valence-electron chi connectivity index (χ0n) is 17.3. The van der Waals surface area contributed by atoms with Crippen LogP contribution in [0.25, 0.3) is 16.8 Å². The Kier molecular flexibility index (Phi) is 4.92. The van der Waals surface area contributed by atoms with Crippen molar-refractivity contribution in [3.05, 3.63) is 72.8 Å². The summed E-state index contributed by atoms with van der Waals surface area (Å²) in [6, 6.07) is 12.2. The van der Waals surface area contributed by atoms with Gasteiger partial charge in [-0.25, -0.2) is 4.68 Å². The highest BCUT2D eigenvalue weighted by Crippen LogP contribution is 2.37. The molecule has 1 aromatic carbocycles. The van der Waals surface area contributed by atoms with E-state index in [1.807, 2.05) is 42.2 Å². The average Bonchev–Trinajstić information content (AvgIpc) is 3.51. The van der Waals surface area contributed by atoms with Crippen LogP contribution in [0.1, 0.15) is 30.1 Å². The van der Waals surface area contributed by atoms with Crippen LogP contribution in [0, 0.1) is 11.3 Å². The van der Waals surface area contributed by atoms with E-state index in [2.05, 4.69) is 43.4 Å². The van der Waals surface area contributed by atoms with Gasteiger partial charge in [-0.3, -0.25) is 4.98 Å². The number of hydrogen-bond acceptors (Lipinski definition) is 6. The molecule has 1 fully saturated rings.